The van der Waals surface area contributed by atoms with Gasteiger partial charge >= 0.3 is 10.2 Å². The van der Waals surface area contributed by atoms with E-state index in [1.54, 1.807) is 25.1 Å². The van der Waals surface area contributed by atoms with Gasteiger partial charge in [0.05, 0.1) is 12.8 Å². The van der Waals surface area contributed by atoms with Crippen LogP contribution in [0.25, 0.3) is 16.8 Å². The molecule has 1 aliphatic rings. The normalized spacial score (nSPS) is 13.8. The first-order valence-corrected chi connectivity index (χ1v) is 12.7. The summed E-state index contributed by atoms with van der Waals surface area (Å²) in [6, 6.07) is 11.2. The number of hydrogen-bond donors (Lipinski definition) is 1. The minimum atomic E-state index is -3.94. The summed E-state index contributed by atoms with van der Waals surface area (Å²) in [5, 5.41) is 3.56. The Balaban J connectivity index is 1.54. The molecule has 4 aromatic rings. The van der Waals surface area contributed by atoms with Crippen LogP contribution in [-0.4, -0.2) is 36.1 Å². The number of methoxy groups -OCH3 is 1. The van der Waals surface area contributed by atoms with Crippen molar-refractivity contribution in [3.05, 3.63) is 93.6 Å². The number of pyridine rings is 1. The standard InChI is InChI=1S/C25H22F2N4O5S/c1-15-3-4-16(11-19(15)26)18-12-23(35-2)22(13-20(18)27)31-21-7-9-30(14-17(21)5-6-25(31)32)37(33,34)29-24-8-10-36-28-24/h3-6,8,10-13H,7,9,14H2,1-2H3,(H,28,29). The molecule has 0 amide bonds. The number of nitrogens with one attached hydrogen (secondary N) is 1. The highest BCUT2D eigenvalue weighted by Crippen LogP contribution is 2.34. The Hall–Kier alpha value is -4.03. The van der Waals surface area contributed by atoms with Crippen LogP contribution in [-0.2, 0) is 23.2 Å². The third-order valence-corrected chi connectivity index (χ3v) is 7.69. The molecule has 5 rings (SSSR count). The zero-order valence-electron chi connectivity index (χ0n) is 19.9. The van der Waals surface area contributed by atoms with Crippen molar-refractivity contribution in [3.8, 4) is 22.6 Å². The van der Waals surface area contributed by atoms with E-state index in [0.717, 1.165) is 0 Å². The molecule has 3 heterocycles. The van der Waals surface area contributed by atoms with E-state index in [1.807, 2.05) is 0 Å². The third-order valence-electron chi connectivity index (χ3n) is 6.24. The average Bonchev–Trinajstić information content (AvgIpc) is 3.37. The van der Waals surface area contributed by atoms with Gasteiger partial charge in [-0.1, -0.05) is 23.4 Å². The zero-order chi connectivity index (χ0) is 26.3. The number of hydrogen-bond acceptors (Lipinski definition) is 6. The van der Waals surface area contributed by atoms with Gasteiger partial charge < -0.3 is 9.26 Å². The van der Waals surface area contributed by atoms with Crippen molar-refractivity contribution in [2.75, 3.05) is 18.4 Å². The fraction of sp³-hybridized carbons (Fsp3) is 0.200. The van der Waals surface area contributed by atoms with Gasteiger partial charge in [-0.05, 0) is 35.7 Å². The molecule has 0 fully saturated rings. The zero-order valence-corrected chi connectivity index (χ0v) is 20.7. The SMILES string of the molecule is COc1cc(-c2ccc(C)c(F)c2)c(F)cc1-n1c2c(ccc1=O)CN(S(=O)(=O)Nc1ccon1)CC2. The highest BCUT2D eigenvalue weighted by Gasteiger charge is 2.30. The molecule has 0 aliphatic carbocycles. The second-order valence-electron chi connectivity index (χ2n) is 8.52. The summed E-state index contributed by atoms with van der Waals surface area (Å²) in [6.07, 6.45) is 1.43. The maximum atomic E-state index is 15.3. The lowest BCUT2D eigenvalue weighted by atomic mass is 10.0. The van der Waals surface area contributed by atoms with E-state index in [2.05, 4.69) is 14.4 Å². The minimum absolute atomic E-state index is 0.0195. The van der Waals surface area contributed by atoms with E-state index in [-0.39, 0.29) is 42.3 Å². The van der Waals surface area contributed by atoms with Crippen LogP contribution in [0, 0.1) is 18.6 Å². The van der Waals surface area contributed by atoms with Gasteiger partial charge in [-0.3, -0.25) is 14.1 Å². The van der Waals surface area contributed by atoms with Crippen LogP contribution in [0.1, 0.15) is 16.8 Å². The summed E-state index contributed by atoms with van der Waals surface area (Å²) in [4.78, 5) is 13.0. The Morgan fingerprint density at radius 1 is 1.08 bits per heavy atom. The van der Waals surface area contributed by atoms with E-state index in [4.69, 9.17) is 4.74 Å². The first-order valence-electron chi connectivity index (χ1n) is 11.2. The first-order chi connectivity index (χ1) is 17.7. The fourth-order valence-corrected chi connectivity index (χ4v) is 5.47. The van der Waals surface area contributed by atoms with Crippen molar-refractivity contribution in [2.24, 2.45) is 0 Å². The van der Waals surface area contributed by atoms with Gasteiger partial charge in [0, 0.05) is 49.0 Å². The summed E-state index contributed by atoms with van der Waals surface area (Å²) in [7, 11) is -2.55. The van der Waals surface area contributed by atoms with Crippen LogP contribution in [0.4, 0.5) is 14.6 Å². The molecule has 0 radical (unpaired) electrons. The molecule has 12 heteroatoms. The Labute approximate surface area is 211 Å². The van der Waals surface area contributed by atoms with E-state index in [0.29, 0.717) is 22.4 Å². The lowest BCUT2D eigenvalue weighted by molar-refractivity contribution is 0.384. The smallest absolute Gasteiger partial charge is 0.303 e. The molecular weight excluding hydrogens is 506 g/mol. The van der Waals surface area contributed by atoms with Crippen molar-refractivity contribution in [1.82, 2.24) is 14.0 Å². The maximum absolute atomic E-state index is 15.3. The minimum Gasteiger partial charge on any atom is -0.495 e. The average molecular weight is 529 g/mol. The predicted molar refractivity (Wildman–Crippen MR) is 132 cm³/mol. The molecule has 0 spiro atoms. The summed E-state index contributed by atoms with van der Waals surface area (Å²) >= 11 is 0. The van der Waals surface area contributed by atoms with Gasteiger partial charge in [-0.15, -0.1) is 0 Å². The number of nitrogens with zero attached hydrogens (tertiary/aromatic N) is 3. The number of ether oxygens (including phenoxy) is 1. The van der Waals surface area contributed by atoms with Crippen molar-refractivity contribution >= 4 is 16.0 Å². The molecule has 0 bridgehead atoms. The Morgan fingerprint density at radius 2 is 1.89 bits per heavy atom. The molecule has 1 aliphatic heterocycles. The predicted octanol–water partition coefficient (Wildman–Crippen LogP) is 3.80. The van der Waals surface area contributed by atoms with Crippen LogP contribution in [0.3, 0.4) is 0 Å². The van der Waals surface area contributed by atoms with Crippen molar-refractivity contribution in [2.45, 2.75) is 19.9 Å². The third kappa shape index (κ3) is 4.60. The molecule has 2 aromatic carbocycles. The summed E-state index contributed by atoms with van der Waals surface area (Å²) < 4.78 is 70.1. The number of anilines is 1. The van der Waals surface area contributed by atoms with E-state index in [9.17, 15) is 17.6 Å². The van der Waals surface area contributed by atoms with E-state index >= 15 is 4.39 Å². The lowest BCUT2D eigenvalue weighted by Gasteiger charge is -2.30. The van der Waals surface area contributed by atoms with E-state index < -0.39 is 27.4 Å². The number of aryl methyl sites for hydroxylation is 1. The summed E-state index contributed by atoms with van der Waals surface area (Å²) in [6.45, 7) is 1.66. The second kappa shape index (κ2) is 9.45. The van der Waals surface area contributed by atoms with Crippen LogP contribution in [0.15, 0.2) is 64.1 Å². The fourth-order valence-electron chi connectivity index (χ4n) is 4.33. The maximum Gasteiger partial charge on any atom is 0.303 e. The van der Waals surface area contributed by atoms with Crippen molar-refractivity contribution < 1.29 is 26.5 Å². The summed E-state index contributed by atoms with van der Waals surface area (Å²) in [5.74, 6) is -0.883. The molecular formula is C25H22F2N4O5S. The van der Waals surface area contributed by atoms with Crippen LogP contribution >= 0.6 is 0 Å². The molecule has 9 nitrogen and oxygen atoms in total. The Morgan fingerprint density at radius 3 is 2.59 bits per heavy atom. The number of halogens is 2. The monoisotopic (exact) mass is 528 g/mol. The highest BCUT2D eigenvalue weighted by atomic mass is 32.2. The van der Waals surface area contributed by atoms with Gasteiger partial charge in [-0.25, -0.2) is 8.78 Å². The number of rotatable bonds is 6. The second-order valence-corrected chi connectivity index (χ2v) is 10.2. The molecule has 2 aromatic heterocycles. The molecule has 0 saturated heterocycles. The molecule has 1 N–H and O–H groups in total. The number of aromatic nitrogens is 2. The first kappa shape index (κ1) is 24.7. The van der Waals surface area contributed by atoms with Crippen molar-refractivity contribution in [3.63, 3.8) is 0 Å². The van der Waals surface area contributed by atoms with Gasteiger partial charge in [-0.2, -0.15) is 12.7 Å². The van der Waals surface area contributed by atoms with Gasteiger partial charge in [0.25, 0.3) is 5.56 Å². The van der Waals surface area contributed by atoms with Gasteiger partial charge in [0.1, 0.15) is 23.6 Å². The molecule has 192 valence electrons. The summed E-state index contributed by atoms with van der Waals surface area (Å²) in [5.41, 5.74) is 1.72. The van der Waals surface area contributed by atoms with Gasteiger partial charge in [0.15, 0.2) is 5.82 Å². The topological polar surface area (TPSA) is 107 Å². The lowest BCUT2D eigenvalue weighted by Crippen LogP contribution is -2.41. The molecule has 0 atom stereocenters. The van der Waals surface area contributed by atoms with Crippen LogP contribution in [0.5, 0.6) is 5.75 Å². The quantitative estimate of drug-likeness (QED) is 0.408. The van der Waals surface area contributed by atoms with E-state index in [1.165, 1.54) is 52.6 Å². The van der Waals surface area contributed by atoms with Gasteiger partial charge in [0.2, 0.25) is 0 Å². The highest BCUT2D eigenvalue weighted by molar-refractivity contribution is 7.90. The van der Waals surface area contributed by atoms with Crippen LogP contribution in [0.2, 0.25) is 0 Å². The van der Waals surface area contributed by atoms with Crippen molar-refractivity contribution in [1.29, 1.82) is 0 Å². The Kier molecular flexibility index (Phi) is 6.30. The largest absolute Gasteiger partial charge is 0.495 e. The van der Waals surface area contributed by atoms with Crippen LogP contribution < -0.4 is 15.0 Å². The molecule has 0 unspecified atom stereocenters. The Bertz CT molecular complexity index is 1650. The number of benzene rings is 2. The molecule has 37 heavy (non-hydrogen) atoms. The number of fused-ring (bicyclic) bond motifs is 1. The molecule has 0 saturated carbocycles.